The van der Waals surface area contributed by atoms with Crippen molar-refractivity contribution in [3.63, 3.8) is 0 Å². The fourth-order valence-electron chi connectivity index (χ4n) is 3.01. The molecule has 0 aliphatic carbocycles. The number of rotatable bonds is 4. The SMILES string of the molecule is COc1cc2cncc(Cc3ccc4nc[nH]c4c3)c2cc1OC. The van der Waals surface area contributed by atoms with Crippen molar-refractivity contribution in [3.05, 3.63) is 60.2 Å². The fraction of sp³-hybridized carbons (Fsp3) is 0.158. The minimum atomic E-state index is 0.711. The lowest BCUT2D eigenvalue weighted by molar-refractivity contribution is 0.356. The van der Waals surface area contributed by atoms with Gasteiger partial charge >= 0.3 is 0 Å². The third-order valence-corrected chi connectivity index (χ3v) is 4.22. The van der Waals surface area contributed by atoms with Crippen LogP contribution in [0.3, 0.4) is 0 Å². The molecule has 4 rings (SSSR count). The van der Waals surface area contributed by atoms with Crippen LogP contribution in [-0.2, 0) is 6.42 Å². The van der Waals surface area contributed by atoms with Gasteiger partial charge in [-0.15, -0.1) is 0 Å². The molecule has 2 aromatic carbocycles. The van der Waals surface area contributed by atoms with Crippen molar-refractivity contribution in [2.45, 2.75) is 6.42 Å². The van der Waals surface area contributed by atoms with Crippen LogP contribution in [0.2, 0.25) is 0 Å². The Balaban J connectivity index is 1.80. The average molecular weight is 319 g/mol. The van der Waals surface area contributed by atoms with Crippen LogP contribution in [0.4, 0.5) is 0 Å². The maximum atomic E-state index is 5.44. The molecule has 0 saturated heterocycles. The first-order valence-electron chi connectivity index (χ1n) is 7.69. The lowest BCUT2D eigenvalue weighted by Crippen LogP contribution is -1.95. The first kappa shape index (κ1) is 14.5. The normalized spacial score (nSPS) is 11.1. The molecule has 5 heteroatoms. The van der Waals surface area contributed by atoms with Crippen molar-refractivity contribution in [2.75, 3.05) is 14.2 Å². The number of H-pyrrole nitrogens is 1. The van der Waals surface area contributed by atoms with Crippen molar-refractivity contribution in [3.8, 4) is 11.5 Å². The first-order chi connectivity index (χ1) is 11.8. The number of hydrogen-bond donors (Lipinski definition) is 1. The van der Waals surface area contributed by atoms with Crippen molar-refractivity contribution in [1.29, 1.82) is 0 Å². The van der Waals surface area contributed by atoms with Gasteiger partial charge in [0.15, 0.2) is 11.5 Å². The topological polar surface area (TPSA) is 60.0 Å². The maximum absolute atomic E-state index is 5.44. The average Bonchev–Trinajstić information content (AvgIpc) is 3.08. The van der Waals surface area contributed by atoms with Crippen LogP contribution >= 0.6 is 0 Å². The summed E-state index contributed by atoms with van der Waals surface area (Å²) in [7, 11) is 3.29. The molecule has 0 fully saturated rings. The first-order valence-corrected chi connectivity index (χ1v) is 7.69. The highest BCUT2D eigenvalue weighted by molar-refractivity contribution is 5.88. The van der Waals surface area contributed by atoms with Gasteiger partial charge < -0.3 is 14.5 Å². The summed E-state index contributed by atoms with van der Waals surface area (Å²) in [6.45, 7) is 0. The molecule has 2 aromatic heterocycles. The molecule has 0 radical (unpaired) electrons. The number of nitrogens with one attached hydrogen (secondary N) is 1. The van der Waals surface area contributed by atoms with Gasteiger partial charge in [-0.05, 0) is 47.2 Å². The molecule has 0 unspecified atom stereocenters. The van der Waals surface area contributed by atoms with E-state index in [0.29, 0.717) is 5.75 Å². The molecule has 0 saturated carbocycles. The second-order valence-electron chi connectivity index (χ2n) is 5.66. The van der Waals surface area contributed by atoms with Gasteiger partial charge in [-0.1, -0.05) is 6.07 Å². The van der Waals surface area contributed by atoms with Crippen LogP contribution < -0.4 is 9.47 Å². The molecule has 5 nitrogen and oxygen atoms in total. The van der Waals surface area contributed by atoms with Gasteiger partial charge in [0.1, 0.15) is 0 Å². The highest BCUT2D eigenvalue weighted by Gasteiger charge is 2.10. The second kappa shape index (κ2) is 5.85. The molecule has 4 aromatic rings. The molecule has 0 amide bonds. The Morgan fingerprint density at radius 3 is 2.67 bits per heavy atom. The van der Waals surface area contributed by atoms with Gasteiger partial charge in [-0.2, -0.15) is 0 Å². The van der Waals surface area contributed by atoms with Crippen LogP contribution in [0.1, 0.15) is 11.1 Å². The summed E-state index contributed by atoms with van der Waals surface area (Å²) < 4.78 is 10.8. The number of methoxy groups -OCH3 is 2. The molecular formula is C19H17N3O2. The van der Waals surface area contributed by atoms with Crippen LogP contribution in [0.15, 0.2) is 49.1 Å². The number of fused-ring (bicyclic) bond motifs is 2. The quantitative estimate of drug-likeness (QED) is 0.623. The predicted molar refractivity (Wildman–Crippen MR) is 93.7 cm³/mol. The molecule has 120 valence electrons. The van der Waals surface area contributed by atoms with Gasteiger partial charge in [-0.25, -0.2) is 4.98 Å². The van der Waals surface area contributed by atoms with E-state index < -0.39 is 0 Å². The monoisotopic (exact) mass is 319 g/mol. The van der Waals surface area contributed by atoms with Gasteiger partial charge in [-0.3, -0.25) is 4.98 Å². The Morgan fingerprint density at radius 1 is 1.00 bits per heavy atom. The Hall–Kier alpha value is -3.08. The van der Waals surface area contributed by atoms with Crippen molar-refractivity contribution < 1.29 is 9.47 Å². The maximum Gasteiger partial charge on any atom is 0.161 e. The van der Waals surface area contributed by atoms with Crippen molar-refractivity contribution >= 4 is 21.8 Å². The van der Waals surface area contributed by atoms with E-state index in [1.165, 1.54) is 5.56 Å². The summed E-state index contributed by atoms with van der Waals surface area (Å²) in [5, 5.41) is 2.15. The smallest absolute Gasteiger partial charge is 0.161 e. The Labute approximate surface area is 139 Å². The lowest BCUT2D eigenvalue weighted by atomic mass is 10.00. The van der Waals surface area contributed by atoms with E-state index in [1.54, 1.807) is 20.5 Å². The zero-order valence-corrected chi connectivity index (χ0v) is 13.5. The van der Waals surface area contributed by atoms with E-state index in [0.717, 1.165) is 39.5 Å². The highest BCUT2D eigenvalue weighted by Crippen LogP contribution is 2.33. The predicted octanol–water partition coefficient (Wildman–Crippen LogP) is 3.72. The zero-order valence-electron chi connectivity index (χ0n) is 13.5. The van der Waals surface area contributed by atoms with Crippen LogP contribution in [0, 0.1) is 0 Å². The number of ether oxygens (including phenoxy) is 2. The van der Waals surface area contributed by atoms with Gasteiger partial charge in [0.2, 0.25) is 0 Å². The third-order valence-electron chi connectivity index (χ3n) is 4.22. The molecule has 0 bridgehead atoms. The van der Waals surface area contributed by atoms with Crippen LogP contribution in [0.5, 0.6) is 11.5 Å². The number of aromatic nitrogens is 3. The number of pyridine rings is 1. The van der Waals surface area contributed by atoms with E-state index in [1.807, 2.05) is 30.6 Å². The summed E-state index contributed by atoms with van der Waals surface area (Å²) in [4.78, 5) is 11.8. The number of benzene rings is 2. The molecular weight excluding hydrogens is 302 g/mol. The number of hydrogen-bond acceptors (Lipinski definition) is 4. The van der Waals surface area contributed by atoms with Gasteiger partial charge in [0.25, 0.3) is 0 Å². The molecule has 24 heavy (non-hydrogen) atoms. The summed E-state index contributed by atoms with van der Waals surface area (Å²) in [5.74, 6) is 1.43. The Morgan fingerprint density at radius 2 is 1.83 bits per heavy atom. The van der Waals surface area contributed by atoms with Crippen LogP contribution in [0.25, 0.3) is 21.8 Å². The second-order valence-corrected chi connectivity index (χ2v) is 5.66. The molecule has 0 atom stereocenters. The minimum absolute atomic E-state index is 0.711. The molecule has 1 N–H and O–H groups in total. The lowest BCUT2D eigenvalue weighted by Gasteiger charge is -2.12. The van der Waals surface area contributed by atoms with Crippen molar-refractivity contribution in [1.82, 2.24) is 15.0 Å². The molecule has 0 aliphatic heterocycles. The fourth-order valence-corrected chi connectivity index (χ4v) is 3.01. The summed E-state index contributed by atoms with van der Waals surface area (Å²) in [6, 6.07) is 10.2. The Kier molecular flexibility index (Phi) is 3.54. The molecule has 2 heterocycles. The van der Waals surface area contributed by atoms with Gasteiger partial charge in [0, 0.05) is 17.8 Å². The van der Waals surface area contributed by atoms with Crippen molar-refractivity contribution in [2.24, 2.45) is 0 Å². The summed E-state index contributed by atoms with van der Waals surface area (Å²) >= 11 is 0. The number of nitrogens with zero attached hydrogens (tertiary/aromatic N) is 2. The van der Waals surface area contributed by atoms with E-state index in [-0.39, 0.29) is 0 Å². The summed E-state index contributed by atoms with van der Waals surface area (Å²) in [6.07, 6.45) is 6.25. The van der Waals surface area contributed by atoms with E-state index >= 15 is 0 Å². The third kappa shape index (κ3) is 2.44. The molecule has 0 spiro atoms. The van der Waals surface area contributed by atoms with E-state index in [4.69, 9.17) is 9.47 Å². The minimum Gasteiger partial charge on any atom is -0.493 e. The Bertz CT molecular complexity index is 1020. The molecule has 0 aliphatic rings. The van der Waals surface area contributed by atoms with E-state index in [2.05, 4.69) is 27.1 Å². The summed E-state index contributed by atoms with van der Waals surface area (Å²) in [5.41, 5.74) is 4.37. The zero-order chi connectivity index (χ0) is 16.5. The number of imidazole rings is 1. The van der Waals surface area contributed by atoms with E-state index in [9.17, 15) is 0 Å². The van der Waals surface area contributed by atoms with Crippen LogP contribution in [-0.4, -0.2) is 29.2 Å². The van der Waals surface area contributed by atoms with Gasteiger partial charge in [0.05, 0.1) is 31.6 Å². The largest absolute Gasteiger partial charge is 0.493 e. The standard InChI is InChI=1S/C19H17N3O2/c1-23-18-7-14-10-20-9-13(15(14)8-19(18)24-2)5-12-3-4-16-17(6-12)22-11-21-16/h3-4,6-11H,5H2,1-2H3,(H,21,22). The highest BCUT2D eigenvalue weighted by atomic mass is 16.5. The number of aromatic amines is 1.